The van der Waals surface area contributed by atoms with Gasteiger partial charge in [0.2, 0.25) is 0 Å². The molecule has 0 aliphatic rings. The third-order valence-electron chi connectivity index (χ3n) is 5.10. The van der Waals surface area contributed by atoms with Gasteiger partial charge in [0.05, 0.1) is 6.61 Å². The molecule has 0 N–H and O–H groups in total. The zero-order valence-electron chi connectivity index (χ0n) is 18.4. The average Bonchev–Trinajstić information content (AvgIpc) is 2.76. The van der Waals surface area contributed by atoms with Crippen LogP contribution in [0.15, 0.2) is 42.6 Å². The van der Waals surface area contributed by atoms with Gasteiger partial charge in [-0.3, -0.25) is 0 Å². The summed E-state index contributed by atoms with van der Waals surface area (Å²) in [7, 11) is 0. The van der Waals surface area contributed by atoms with Crippen LogP contribution >= 0.6 is 0 Å². The number of aromatic nitrogens is 1. The van der Waals surface area contributed by atoms with Crippen molar-refractivity contribution in [2.24, 2.45) is 0 Å². The highest BCUT2D eigenvalue weighted by Gasteiger charge is 1.97. The number of rotatable bonds is 13. The number of ether oxygens (including phenoxy) is 1. The van der Waals surface area contributed by atoms with Crippen molar-refractivity contribution in [2.45, 2.75) is 84.5 Å². The third-order valence-corrected chi connectivity index (χ3v) is 5.10. The molecule has 0 saturated heterocycles. The first kappa shape index (κ1) is 23.0. The smallest absolute Gasteiger partial charge is 0.119 e. The lowest BCUT2D eigenvalue weighted by atomic mass is 10.1. The van der Waals surface area contributed by atoms with Crippen LogP contribution in [-0.4, -0.2) is 11.6 Å². The van der Waals surface area contributed by atoms with Crippen molar-refractivity contribution in [1.29, 1.82) is 0 Å². The molecule has 0 bridgehead atoms. The largest absolute Gasteiger partial charge is 0.494 e. The Hall–Kier alpha value is -2.27. The molecule has 0 aliphatic carbocycles. The Morgan fingerprint density at radius 1 is 0.724 bits per heavy atom. The Kier molecular flexibility index (Phi) is 11.7. The molecular formula is C27H37NO. The van der Waals surface area contributed by atoms with Gasteiger partial charge in [-0.1, -0.05) is 77.2 Å². The molecule has 0 radical (unpaired) electrons. The molecule has 0 amide bonds. The summed E-state index contributed by atoms with van der Waals surface area (Å²) in [6, 6.07) is 12.2. The highest BCUT2D eigenvalue weighted by molar-refractivity contribution is 5.42. The van der Waals surface area contributed by atoms with Crippen molar-refractivity contribution in [3.05, 3.63) is 59.4 Å². The molecule has 156 valence electrons. The van der Waals surface area contributed by atoms with Crippen molar-refractivity contribution in [3.63, 3.8) is 0 Å². The van der Waals surface area contributed by atoms with E-state index >= 15 is 0 Å². The molecule has 2 heteroatoms. The lowest BCUT2D eigenvalue weighted by Gasteiger charge is -2.06. The Morgan fingerprint density at radius 3 is 2.10 bits per heavy atom. The van der Waals surface area contributed by atoms with Crippen LogP contribution in [0.5, 0.6) is 5.75 Å². The number of pyridine rings is 1. The number of hydrogen-bond donors (Lipinski definition) is 0. The van der Waals surface area contributed by atoms with Gasteiger partial charge in [-0.25, -0.2) is 4.98 Å². The molecular weight excluding hydrogens is 354 g/mol. The van der Waals surface area contributed by atoms with Crippen LogP contribution in [-0.2, 0) is 6.42 Å². The predicted octanol–water partition coefficient (Wildman–Crippen LogP) is 7.34. The normalized spacial score (nSPS) is 10.4. The number of benzene rings is 1. The quantitative estimate of drug-likeness (QED) is 0.263. The summed E-state index contributed by atoms with van der Waals surface area (Å²) in [6.07, 6.45) is 15.9. The monoisotopic (exact) mass is 391 g/mol. The second-order valence-electron chi connectivity index (χ2n) is 7.75. The van der Waals surface area contributed by atoms with E-state index in [0.717, 1.165) is 36.5 Å². The van der Waals surface area contributed by atoms with E-state index in [4.69, 9.17) is 4.74 Å². The third kappa shape index (κ3) is 10.2. The summed E-state index contributed by atoms with van der Waals surface area (Å²) in [5.41, 5.74) is 3.12. The summed E-state index contributed by atoms with van der Waals surface area (Å²) in [5, 5.41) is 0. The van der Waals surface area contributed by atoms with Gasteiger partial charge in [0.25, 0.3) is 0 Å². The van der Waals surface area contributed by atoms with Gasteiger partial charge in [0.15, 0.2) is 0 Å². The molecule has 1 aromatic heterocycles. The summed E-state index contributed by atoms with van der Waals surface area (Å²) in [5.74, 6) is 7.28. The molecule has 1 heterocycles. The molecule has 0 fully saturated rings. The average molecular weight is 392 g/mol. The second kappa shape index (κ2) is 14.7. The highest BCUT2D eigenvalue weighted by atomic mass is 16.5. The molecule has 0 spiro atoms. The van der Waals surface area contributed by atoms with E-state index in [-0.39, 0.29) is 0 Å². The molecule has 2 nitrogen and oxygen atoms in total. The Balaban J connectivity index is 1.72. The van der Waals surface area contributed by atoms with E-state index in [9.17, 15) is 0 Å². The number of nitrogens with zero attached hydrogens (tertiary/aromatic N) is 1. The maximum atomic E-state index is 5.83. The lowest BCUT2D eigenvalue weighted by Crippen LogP contribution is -1.97. The van der Waals surface area contributed by atoms with Crippen LogP contribution < -0.4 is 4.74 Å². The molecule has 0 aliphatic heterocycles. The van der Waals surface area contributed by atoms with Crippen molar-refractivity contribution in [3.8, 4) is 17.6 Å². The lowest BCUT2D eigenvalue weighted by molar-refractivity contribution is 0.304. The van der Waals surface area contributed by atoms with Gasteiger partial charge < -0.3 is 4.74 Å². The maximum absolute atomic E-state index is 5.83. The minimum Gasteiger partial charge on any atom is -0.494 e. The molecule has 2 rings (SSSR count). The number of unbranched alkanes of at least 4 members (excludes halogenated alkanes) is 8. The summed E-state index contributed by atoms with van der Waals surface area (Å²) < 4.78 is 5.83. The van der Waals surface area contributed by atoms with Crippen LogP contribution in [0.3, 0.4) is 0 Å². The van der Waals surface area contributed by atoms with Gasteiger partial charge >= 0.3 is 0 Å². The Labute approximate surface area is 178 Å². The van der Waals surface area contributed by atoms with Crippen molar-refractivity contribution < 1.29 is 4.74 Å². The SMILES string of the molecule is CCCCCCCCOc1ccc(C#Cc2ccc(CCCCCC)cn2)cc1. The first-order valence-corrected chi connectivity index (χ1v) is 11.5. The predicted molar refractivity (Wildman–Crippen MR) is 123 cm³/mol. The minimum atomic E-state index is 0.797. The maximum Gasteiger partial charge on any atom is 0.119 e. The van der Waals surface area contributed by atoms with Crippen LogP contribution in [0.1, 0.15) is 94.9 Å². The molecule has 0 saturated carbocycles. The van der Waals surface area contributed by atoms with Crippen molar-refractivity contribution in [1.82, 2.24) is 4.98 Å². The van der Waals surface area contributed by atoms with E-state index in [1.807, 2.05) is 36.5 Å². The zero-order valence-corrected chi connectivity index (χ0v) is 18.4. The minimum absolute atomic E-state index is 0.797. The van der Waals surface area contributed by atoms with Crippen molar-refractivity contribution >= 4 is 0 Å². The van der Waals surface area contributed by atoms with E-state index < -0.39 is 0 Å². The fourth-order valence-electron chi connectivity index (χ4n) is 3.25. The van der Waals surface area contributed by atoms with Crippen LogP contribution in [0.2, 0.25) is 0 Å². The van der Waals surface area contributed by atoms with Gasteiger partial charge in [-0.2, -0.15) is 0 Å². The Bertz CT molecular complexity index is 722. The second-order valence-corrected chi connectivity index (χ2v) is 7.75. The van der Waals surface area contributed by atoms with Crippen molar-refractivity contribution in [2.75, 3.05) is 6.61 Å². The Morgan fingerprint density at radius 2 is 1.41 bits per heavy atom. The van der Waals surface area contributed by atoms with Crippen LogP contribution in [0.4, 0.5) is 0 Å². The van der Waals surface area contributed by atoms with E-state index in [1.54, 1.807) is 0 Å². The standard InChI is InChI=1S/C27H37NO/c1-3-5-7-9-10-12-22-29-27-20-16-24(17-21-27)14-18-26-19-15-25(23-28-26)13-11-8-6-4-2/h15-17,19-21,23H,3-13,22H2,1-2H3. The van der Waals surface area contributed by atoms with E-state index in [1.165, 1.54) is 63.4 Å². The fourth-order valence-corrected chi connectivity index (χ4v) is 3.25. The summed E-state index contributed by atoms with van der Waals surface area (Å²) in [4.78, 5) is 4.49. The molecule has 0 unspecified atom stereocenters. The van der Waals surface area contributed by atoms with E-state index in [2.05, 4.69) is 36.7 Å². The molecule has 29 heavy (non-hydrogen) atoms. The molecule has 0 atom stereocenters. The van der Waals surface area contributed by atoms with Gasteiger partial charge in [0.1, 0.15) is 11.4 Å². The molecule has 1 aromatic carbocycles. The first-order chi connectivity index (χ1) is 14.3. The van der Waals surface area contributed by atoms with E-state index in [0.29, 0.717) is 0 Å². The fraction of sp³-hybridized carbons (Fsp3) is 0.519. The highest BCUT2D eigenvalue weighted by Crippen LogP contribution is 2.13. The summed E-state index contributed by atoms with van der Waals surface area (Å²) >= 11 is 0. The molecule has 2 aromatic rings. The van der Waals surface area contributed by atoms with Gasteiger partial charge in [0, 0.05) is 11.8 Å². The first-order valence-electron chi connectivity index (χ1n) is 11.5. The number of aryl methyl sites for hydroxylation is 1. The number of hydrogen-bond acceptors (Lipinski definition) is 2. The van der Waals surface area contributed by atoms with Crippen LogP contribution in [0, 0.1) is 11.8 Å². The van der Waals surface area contributed by atoms with Gasteiger partial charge in [-0.05, 0) is 61.1 Å². The van der Waals surface area contributed by atoms with Crippen LogP contribution in [0.25, 0.3) is 0 Å². The van der Waals surface area contributed by atoms with Gasteiger partial charge in [-0.15, -0.1) is 0 Å². The summed E-state index contributed by atoms with van der Waals surface area (Å²) in [6.45, 7) is 5.29. The topological polar surface area (TPSA) is 22.1 Å². The zero-order chi connectivity index (χ0) is 20.6.